The van der Waals surface area contributed by atoms with Crippen LogP contribution < -0.4 is 10.6 Å². The monoisotopic (exact) mass is 475 g/mol. The van der Waals surface area contributed by atoms with Gasteiger partial charge in [-0.05, 0) is 41.0 Å². The molecule has 1 aromatic heterocycles. The van der Waals surface area contributed by atoms with Gasteiger partial charge in [0.1, 0.15) is 6.61 Å². The average molecular weight is 476 g/mol. The molecule has 10 nitrogen and oxygen atoms in total. The minimum atomic E-state index is -0.884. The number of ether oxygens (including phenoxy) is 1. The lowest BCUT2D eigenvalue weighted by Gasteiger charge is -2.18. The highest BCUT2D eigenvalue weighted by molar-refractivity contribution is 5.91. The largest absolute Gasteiger partial charge is 0.481 e. The normalized spacial score (nSPS) is 18.5. The number of aromatic nitrogens is 3. The van der Waals surface area contributed by atoms with E-state index in [-0.39, 0.29) is 42.7 Å². The van der Waals surface area contributed by atoms with Gasteiger partial charge in [-0.15, -0.1) is 5.10 Å². The van der Waals surface area contributed by atoms with Gasteiger partial charge in [-0.3, -0.25) is 20.0 Å². The van der Waals surface area contributed by atoms with Crippen LogP contribution in [0.2, 0.25) is 0 Å². The number of nitrogens with one attached hydrogen (secondary N) is 3. The topological polar surface area (TPSA) is 146 Å². The molecule has 3 aromatic rings. The molecule has 4 N–H and O–H groups in total. The van der Waals surface area contributed by atoms with Gasteiger partial charge in [-0.1, -0.05) is 55.0 Å². The highest BCUT2D eigenvalue weighted by Gasteiger charge is 2.32. The Bertz CT molecular complexity index is 1230. The first-order valence-electron chi connectivity index (χ1n) is 11.6. The number of amides is 2. The van der Waals surface area contributed by atoms with Gasteiger partial charge in [-0.25, -0.2) is 4.79 Å². The lowest BCUT2D eigenvalue weighted by molar-refractivity contribution is -0.138. The molecule has 2 aliphatic rings. The number of carboxylic acid groups (broad SMARTS) is 1. The number of rotatable bonds is 7. The molecule has 2 unspecified atom stereocenters. The third kappa shape index (κ3) is 4.72. The lowest BCUT2D eigenvalue weighted by Crippen LogP contribution is -2.38. The van der Waals surface area contributed by atoms with Crippen LogP contribution in [0.3, 0.4) is 0 Å². The van der Waals surface area contributed by atoms with Crippen LogP contribution >= 0.6 is 0 Å². The first kappa shape index (κ1) is 22.6. The summed E-state index contributed by atoms with van der Waals surface area (Å²) in [6.07, 6.45) is 1.60. The third-order valence-electron chi connectivity index (χ3n) is 6.67. The molecular weight excluding hydrogens is 450 g/mol. The zero-order valence-electron chi connectivity index (χ0n) is 18.9. The maximum atomic E-state index is 12.5. The Morgan fingerprint density at radius 2 is 1.71 bits per heavy atom. The first-order chi connectivity index (χ1) is 17.0. The summed E-state index contributed by atoms with van der Waals surface area (Å²) in [6.45, 7) is 0.143. The molecule has 0 radical (unpaired) electrons. The molecule has 0 bridgehead atoms. The lowest BCUT2D eigenvalue weighted by atomic mass is 9.98. The molecule has 1 fully saturated rings. The number of fused-ring (bicyclic) bond motifs is 3. The van der Waals surface area contributed by atoms with Gasteiger partial charge in [0.05, 0.1) is 6.42 Å². The molecule has 2 atom stereocenters. The Hall–Kier alpha value is -4.21. The fourth-order valence-electron chi connectivity index (χ4n) is 5.08. The summed E-state index contributed by atoms with van der Waals surface area (Å²) in [5.74, 6) is -1.73. The number of anilines is 1. The summed E-state index contributed by atoms with van der Waals surface area (Å²) in [7, 11) is 0. The molecule has 2 aliphatic carbocycles. The summed E-state index contributed by atoms with van der Waals surface area (Å²) in [4.78, 5) is 40.0. The Balaban J connectivity index is 1.17. The van der Waals surface area contributed by atoms with Crippen molar-refractivity contribution in [2.45, 2.75) is 37.6 Å². The van der Waals surface area contributed by atoms with Crippen molar-refractivity contribution in [3.63, 3.8) is 0 Å². The second-order valence-corrected chi connectivity index (χ2v) is 8.83. The molecule has 0 spiro atoms. The number of carboxylic acids is 1. The van der Waals surface area contributed by atoms with E-state index < -0.39 is 18.0 Å². The van der Waals surface area contributed by atoms with E-state index in [1.165, 1.54) is 0 Å². The predicted octanol–water partition coefficient (Wildman–Crippen LogP) is 3.54. The highest BCUT2D eigenvalue weighted by atomic mass is 16.5. The standard InChI is InChI=1S/C25H25N5O5/c31-21(32)12-14-6-5-11-20(14)26-23(33)22-27-24(30-29-22)28-25(34)35-13-19-17-9-3-1-7-15(17)16-8-2-4-10-18(16)19/h1-4,7-10,14,19-20H,5-6,11-13H2,(H,26,33)(H,31,32)(H2,27,28,29,30,34). The predicted molar refractivity (Wildman–Crippen MR) is 126 cm³/mol. The van der Waals surface area contributed by atoms with E-state index in [9.17, 15) is 14.4 Å². The molecule has 10 heteroatoms. The number of aliphatic carboxylic acids is 1. The van der Waals surface area contributed by atoms with Crippen molar-refractivity contribution < 1.29 is 24.2 Å². The minimum absolute atomic E-state index is 0.00986. The molecule has 0 saturated heterocycles. The van der Waals surface area contributed by atoms with E-state index in [2.05, 4.69) is 37.9 Å². The molecule has 0 aliphatic heterocycles. The minimum Gasteiger partial charge on any atom is -0.481 e. The molecular formula is C25H25N5O5. The van der Waals surface area contributed by atoms with Crippen LogP contribution in [-0.4, -0.2) is 50.9 Å². The van der Waals surface area contributed by atoms with Crippen molar-refractivity contribution in [3.05, 3.63) is 65.5 Å². The number of nitrogens with zero attached hydrogens (tertiary/aromatic N) is 2. The van der Waals surface area contributed by atoms with Crippen LogP contribution in [0.25, 0.3) is 11.1 Å². The molecule has 2 amide bonds. The van der Waals surface area contributed by atoms with E-state index in [0.29, 0.717) is 6.42 Å². The van der Waals surface area contributed by atoms with Crippen molar-refractivity contribution >= 4 is 23.9 Å². The van der Waals surface area contributed by atoms with Gasteiger partial charge in [-0.2, -0.15) is 4.98 Å². The third-order valence-corrected chi connectivity index (χ3v) is 6.67. The van der Waals surface area contributed by atoms with Crippen molar-refractivity contribution in [1.82, 2.24) is 20.5 Å². The Labute approximate surface area is 201 Å². The second-order valence-electron chi connectivity index (χ2n) is 8.83. The summed E-state index contributed by atoms with van der Waals surface area (Å²) in [5, 5.41) is 20.7. The van der Waals surface area contributed by atoms with Crippen LogP contribution in [0.15, 0.2) is 48.5 Å². The zero-order valence-corrected chi connectivity index (χ0v) is 18.9. The van der Waals surface area contributed by atoms with E-state index in [1.807, 2.05) is 36.4 Å². The Morgan fingerprint density at radius 3 is 2.40 bits per heavy atom. The smallest absolute Gasteiger partial charge is 0.414 e. The molecule has 35 heavy (non-hydrogen) atoms. The first-order valence-corrected chi connectivity index (χ1v) is 11.6. The van der Waals surface area contributed by atoms with Gasteiger partial charge in [0.15, 0.2) is 0 Å². The van der Waals surface area contributed by atoms with Crippen molar-refractivity contribution in [1.29, 1.82) is 0 Å². The molecule has 2 aromatic carbocycles. The van der Waals surface area contributed by atoms with Crippen molar-refractivity contribution in [2.24, 2.45) is 5.92 Å². The van der Waals surface area contributed by atoms with E-state index in [4.69, 9.17) is 9.84 Å². The van der Waals surface area contributed by atoms with Crippen molar-refractivity contribution in [3.8, 4) is 11.1 Å². The van der Waals surface area contributed by atoms with Gasteiger partial charge in [0.25, 0.3) is 11.9 Å². The van der Waals surface area contributed by atoms with Gasteiger partial charge >= 0.3 is 12.1 Å². The fourth-order valence-corrected chi connectivity index (χ4v) is 5.08. The second kappa shape index (κ2) is 9.57. The molecule has 1 heterocycles. The van der Waals surface area contributed by atoms with E-state index in [0.717, 1.165) is 35.1 Å². The SMILES string of the molecule is O=C(O)CC1CCCC1NC(=O)c1nc(NC(=O)OCC2c3ccccc3-c3ccccc32)n[nH]1. The van der Waals surface area contributed by atoms with Gasteiger partial charge in [0, 0.05) is 12.0 Å². The molecule has 1 saturated carbocycles. The number of H-pyrrole nitrogens is 1. The number of carbonyl (C=O) groups excluding carboxylic acids is 2. The molecule has 180 valence electrons. The number of benzene rings is 2. The molecule has 5 rings (SSSR count). The zero-order chi connectivity index (χ0) is 24.4. The maximum Gasteiger partial charge on any atom is 0.414 e. The van der Waals surface area contributed by atoms with Crippen LogP contribution in [0.5, 0.6) is 0 Å². The Kier molecular flexibility index (Phi) is 6.17. The van der Waals surface area contributed by atoms with Gasteiger partial charge in [0.2, 0.25) is 5.82 Å². The van der Waals surface area contributed by atoms with Crippen LogP contribution in [0.4, 0.5) is 10.7 Å². The van der Waals surface area contributed by atoms with Crippen LogP contribution in [0.1, 0.15) is 53.3 Å². The quantitative estimate of drug-likeness (QED) is 0.409. The number of hydrogen-bond donors (Lipinski definition) is 4. The van der Waals surface area contributed by atoms with Crippen LogP contribution in [-0.2, 0) is 9.53 Å². The van der Waals surface area contributed by atoms with E-state index >= 15 is 0 Å². The summed E-state index contributed by atoms with van der Waals surface area (Å²) in [5.41, 5.74) is 4.47. The number of hydrogen-bond acceptors (Lipinski definition) is 6. The number of carbonyl (C=O) groups is 3. The highest BCUT2D eigenvalue weighted by Crippen LogP contribution is 2.44. The van der Waals surface area contributed by atoms with E-state index in [1.54, 1.807) is 0 Å². The van der Waals surface area contributed by atoms with Crippen molar-refractivity contribution in [2.75, 3.05) is 11.9 Å². The summed E-state index contributed by atoms with van der Waals surface area (Å²) in [6, 6.07) is 15.9. The summed E-state index contributed by atoms with van der Waals surface area (Å²) >= 11 is 0. The fraction of sp³-hybridized carbons (Fsp3) is 0.320. The average Bonchev–Trinajstić information content (AvgIpc) is 3.56. The maximum absolute atomic E-state index is 12.5. The number of aromatic amines is 1. The summed E-state index contributed by atoms with van der Waals surface area (Å²) < 4.78 is 5.47. The Morgan fingerprint density at radius 1 is 1.03 bits per heavy atom. The van der Waals surface area contributed by atoms with Gasteiger partial charge < -0.3 is 15.2 Å². The van der Waals surface area contributed by atoms with Crippen LogP contribution in [0, 0.1) is 5.92 Å².